The number of ether oxygens (including phenoxy) is 1. The van der Waals surface area contributed by atoms with Gasteiger partial charge in [-0.25, -0.2) is 0 Å². The summed E-state index contributed by atoms with van der Waals surface area (Å²) in [7, 11) is 0. The molecule has 1 aliphatic rings. The molecule has 0 amide bonds. The van der Waals surface area contributed by atoms with Gasteiger partial charge in [0.25, 0.3) is 0 Å². The molecule has 0 unspecified atom stereocenters. The first-order valence-electron chi connectivity index (χ1n) is 11.7. The SMILES string of the molecule is CC(C)N1CCN(c2nc(Nc3ccc(C#N)cc3)nc(Oc3ccnc4ccc(Br)cc34)n2)CC1. The van der Waals surface area contributed by atoms with Gasteiger partial charge in [-0.2, -0.15) is 20.2 Å². The van der Waals surface area contributed by atoms with Crippen molar-refractivity contribution in [2.24, 2.45) is 0 Å². The molecule has 5 rings (SSSR count). The highest BCUT2D eigenvalue weighted by atomic mass is 79.9. The van der Waals surface area contributed by atoms with E-state index in [0.717, 1.165) is 47.2 Å². The number of fused-ring (bicyclic) bond motifs is 1. The number of piperazine rings is 1. The summed E-state index contributed by atoms with van der Waals surface area (Å²) in [5.74, 6) is 1.53. The molecule has 3 heterocycles. The summed E-state index contributed by atoms with van der Waals surface area (Å²) >= 11 is 3.52. The van der Waals surface area contributed by atoms with Gasteiger partial charge in [0.1, 0.15) is 5.75 Å². The summed E-state index contributed by atoms with van der Waals surface area (Å²) in [5, 5.41) is 13.2. The van der Waals surface area contributed by atoms with E-state index in [-0.39, 0.29) is 6.01 Å². The van der Waals surface area contributed by atoms with Crippen LogP contribution in [0.3, 0.4) is 0 Å². The van der Waals surface area contributed by atoms with E-state index in [0.29, 0.717) is 29.3 Å². The molecule has 1 N–H and O–H groups in total. The molecule has 0 aliphatic carbocycles. The predicted octanol–water partition coefficient (Wildman–Crippen LogP) is 5.12. The first kappa shape index (κ1) is 23.9. The summed E-state index contributed by atoms with van der Waals surface area (Å²) in [6.07, 6.45) is 1.70. The minimum atomic E-state index is 0.190. The van der Waals surface area contributed by atoms with Crippen molar-refractivity contribution in [1.29, 1.82) is 5.26 Å². The number of benzene rings is 2. The summed E-state index contributed by atoms with van der Waals surface area (Å²) < 4.78 is 7.14. The molecule has 36 heavy (non-hydrogen) atoms. The molecule has 1 aliphatic heterocycles. The Hall–Kier alpha value is -3.81. The second kappa shape index (κ2) is 10.4. The minimum absolute atomic E-state index is 0.190. The molecule has 0 spiro atoms. The fraction of sp³-hybridized carbons (Fsp3) is 0.269. The van der Waals surface area contributed by atoms with E-state index in [1.54, 1.807) is 24.4 Å². The first-order valence-corrected chi connectivity index (χ1v) is 12.5. The number of pyridine rings is 1. The van der Waals surface area contributed by atoms with Crippen LogP contribution >= 0.6 is 15.9 Å². The van der Waals surface area contributed by atoms with Crippen LogP contribution in [-0.4, -0.2) is 57.1 Å². The van der Waals surface area contributed by atoms with Gasteiger partial charge in [-0.3, -0.25) is 9.88 Å². The van der Waals surface area contributed by atoms with E-state index < -0.39 is 0 Å². The Morgan fingerprint density at radius 1 is 1.00 bits per heavy atom. The fourth-order valence-corrected chi connectivity index (χ4v) is 4.43. The lowest BCUT2D eigenvalue weighted by atomic mass is 10.2. The van der Waals surface area contributed by atoms with Crippen molar-refractivity contribution in [2.45, 2.75) is 19.9 Å². The Balaban J connectivity index is 1.48. The van der Waals surface area contributed by atoms with E-state index in [1.807, 2.05) is 30.3 Å². The van der Waals surface area contributed by atoms with E-state index >= 15 is 0 Å². The summed E-state index contributed by atoms with van der Waals surface area (Å²) in [5.41, 5.74) is 2.16. The van der Waals surface area contributed by atoms with Crippen LogP contribution in [0.1, 0.15) is 19.4 Å². The average Bonchev–Trinajstić information content (AvgIpc) is 2.89. The zero-order valence-electron chi connectivity index (χ0n) is 20.0. The van der Waals surface area contributed by atoms with Crippen LogP contribution in [0.2, 0.25) is 0 Å². The van der Waals surface area contributed by atoms with E-state index in [4.69, 9.17) is 15.0 Å². The minimum Gasteiger partial charge on any atom is -0.423 e. The van der Waals surface area contributed by atoms with Gasteiger partial charge in [0.2, 0.25) is 11.9 Å². The van der Waals surface area contributed by atoms with Crippen molar-refractivity contribution < 1.29 is 4.74 Å². The lowest BCUT2D eigenvalue weighted by Crippen LogP contribution is -2.49. The molecule has 2 aromatic heterocycles. The number of nitrogens with zero attached hydrogens (tertiary/aromatic N) is 7. The smallest absolute Gasteiger partial charge is 0.328 e. The largest absolute Gasteiger partial charge is 0.423 e. The van der Waals surface area contributed by atoms with Gasteiger partial charge in [-0.05, 0) is 62.4 Å². The topological polar surface area (TPSA) is 103 Å². The molecule has 10 heteroatoms. The van der Waals surface area contributed by atoms with Gasteiger partial charge >= 0.3 is 6.01 Å². The van der Waals surface area contributed by atoms with E-state index in [1.165, 1.54) is 0 Å². The summed E-state index contributed by atoms with van der Waals surface area (Å²) in [6, 6.07) is 17.6. The van der Waals surface area contributed by atoms with Crippen LogP contribution in [0.4, 0.5) is 17.6 Å². The van der Waals surface area contributed by atoms with Crippen LogP contribution in [-0.2, 0) is 0 Å². The van der Waals surface area contributed by atoms with Crippen LogP contribution in [0, 0.1) is 11.3 Å². The van der Waals surface area contributed by atoms with Gasteiger partial charge in [-0.1, -0.05) is 15.9 Å². The van der Waals surface area contributed by atoms with Gasteiger partial charge in [0.05, 0.1) is 17.1 Å². The van der Waals surface area contributed by atoms with E-state index in [9.17, 15) is 0 Å². The Morgan fingerprint density at radius 3 is 2.50 bits per heavy atom. The quantitative estimate of drug-likeness (QED) is 0.354. The third-order valence-corrected chi connectivity index (χ3v) is 6.56. The van der Waals surface area contributed by atoms with Crippen LogP contribution < -0.4 is 15.0 Å². The fourth-order valence-electron chi connectivity index (χ4n) is 4.06. The molecule has 2 aromatic carbocycles. The van der Waals surface area contributed by atoms with Crippen molar-refractivity contribution in [3.05, 3.63) is 64.8 Å². The lowest BCUT2D eigenvalue weighted by Gasteiger charge is -2.36. The number of nitriles is 1. The maximum atomic E-state index is 9.08. The molecule has 4 aromatic rings. The monoisotopic (exact) mass is 544 g/mol. The highest BCUT2D eigenvalue weighted by molar-refractivity contribution is 9.10. The molecule has 0 radical (unpaired) electrons. The maximum Gasteiger partial charge on any atom is 0.328 e. The highest BCUT2D eigenvalue weighted by Gasteiger charge is 2.22. The Labute approximate surface area is 217 Å². The summed E-state index contributed by atoms with van der Waals surface area (Å²) in [6.45, 7) is 7.90. The predicted molar refractivity (Wildman–Crippen MR) is 143 cm³/mol. The average molecular weight is 545 g/mol. The Bertz CT molecular complexity index is 1410. The third-order valence-electron chi connectivity index (χ3n) is 6.07. The first-order chi connectivity index (χ1) is 17.5. The molecule has 0 saturated carbocycles. The normalized spacial score (nSPS) is 14.1. The van der Waals surface area contributed by atoms with Crippen molar-refractivity contribution in [3.63, 3.8) is 0 Å². The highest BCUT2D eigenvalue weighted by Crippen LogP contribution is 2.31. The lowest BCUT2D eigenvalue weighted by molar-refractivity contribution is 0.208. The van der Waals surface area contributed by atoms with Crippen LogP contribution in [0.15, 0.2) is 59.2 Å². The molecule has 1 saturated heterocycles. The molecule has 0 bridgehead atoms. The second-order valence-corrected chi connectivity index (χ2v) is 9.66. The summed E-state index contributed by atoms with van der Waals surface area (Å²) in [4.78, 5) is 22.9. The number of nitrogens with one attached hydrogen (secondary N) is 1. The number of anilines is 3. The number of halogens is 1. The number of hydrogen-bond donors (Lipinski definition) is 1. The number of aromatic nitrogens is 4. The molecule has 0 atom stereocenters. The Morgan fingerprint density at radius 2 is 1.78 bits per heavy atom. The second-order valence-electron chi connectivity index (χ2n) is 8.75. The van der Waals surface area contributed by atoms with Crippen molar-refractivity contribution in [3.8, 4) is 17.8 Å². The van der Waals surface area contributed by atoms with Gasteiger partial charge < -0.3 is 15.0 Å². The van der Waals surface area contributed by atoms with E-state index in [2.05, 4.69) is 65.9 Å². The van der Waals surface area contributed by atoms with Crippen LogP contribution in [0.5, 0.6) is 11.8 Å². The van der Waals surface area contributed by atoms with Crippen molar-refractivity contribution in [1.82, 2.24) is 24.8 Å². The molecular formula is C26H25BrN8O. The standard InChI is InChI=1S/C26H25BrN8O/c1-17(2)34-11-13-35(14-12-34)25-31-24(30-20-6-3-18(16-28)4-7-20)32-26(33-25)36-23-9-10-29-22-8-5-19(27)15-21(22)23/h3-10,15,17H,11-14H2,1-2H3,(H,30,31,32,33). The zero-order chi connectivity index (χ0) is 25.1. The molecule has 9 nitrogen and oxygen atoms in total. The van der Waals surface area contributed by atoms with Crippen molar-refractivity contribution in [2.75, 3.05) is 36.4 Å². The number of hydrogen-bond acceptors (Lipinski definition) is 9. The van der Waals surface area contributed by atoms with Gasteiger partial charge in [0.15, 0.2) is 0 Å². The molecular weight excluding hydrogens is 520 g/mol. The zero-order valence-corrected chi connectivity index (χ0v) is 21.6. The number of rotatable bonds is 6. The molecule has 1 fully saturated rings. The molecule has 182 valence electrons. The van der Waals surface area contributed by atoms with Gasteiger partial charge in [-0.15, -0.1) is 0 Å². The third kappa shape index (κ3) is 5.37. The van der Waals surface area contributed by atoms with Crippen molar-refractivity contribution >= 4 is 44.4 Å². The van der Waals surface area contributed by atoms with Crippen LogP contribution in [0.25, 0.3) is 10.9 Å². The maximum absolute atomic E-state index is 9.08. The van der Waals surface area contributed by atoms with Gasteiger partial charge in [0, 0.05) is 54.0 Å². The Kier molecular flexibility index (Phi) is 6.93.